The Morgan fingerprint density at radius 1 is 1.37 bits per heavy atom. The number of amides is 1. The van der Waals surface area contributed by atoms with Gasteiger partial charge in [-0.2, -0.15) is 5.06 Å². The predicted octanol–water partition coefficient (Wildman–Crippen LogP) is 1.49. The number of rotatable bonds is 1. The quantitative estimate of drug-likeness (QED) is 0.759. The van der Waals surface area contributed by atoms with Crippen LogP contribution < -0.4 is 5.06 Å². The molecule has 4 heterocycles. The molecule has 0 radical (unpaired) electrons. The molecule has 1 amide bonds. The van der Waals surface area contributed by atoms with Gasteiger partial charge in [0.1, 0.15) is 5.41 Å². The van der Waals surface area contributed by atoms with Crippen LogP contribution in [0, 0.1) is 11.8 Å². The van der Waals surface area contributed by atoms with Gasteiger partial charge < -0.3 is 9.84 Å². The molecule has 4 fully saturated rings. The molecule has 6 unspecified atom stereocenters. The standard InChI is InChI=1S/C21H26N2O4/c1-4-12-10-22(2)18-14-11-27-17(9-13(12)14)21(19(18)24)15-7-5-6-8-16(15)23(26-3)20(21)25/h4-8,13-14,17-19,24H,9-11H2,1-3H3. The maximum atomic E-state index is 13.7. The van der Waals surface area contributed by atoms with Gasteiger partial charge in [0.25, 0.3) is 5.91 Å². The van der Waals surface area contributed by atoms with Crippen LogP contribution in [0.2, 0.25) is 0 Å². The third kappa shape index (κ3) is 1.96. The van der Waals surface area contributed by atoms with E-state index in [-0.39, 0.29) is 24.0 Å². The minimum atomic E-state index is -1.13. The first-order valence-electron chi connectivity index (χ1n) is 9.68. The predicted molar refractivity (Wildman–Crippen MR) is 100 cm³/mol. The highest BCUT2D eigenvalue weighted by Crippen LogP contribution is 2.57. The van der Waals surface area contributed by atoms with Crippen molar-refractivity contribution in [2.24, 2.45) is 11.8 Å². The van der Waals surface area contributed by atoms with Gasteiger partial charge >= 0.3 is 0 Å². The number of fused-ring (bicyclic) bond motifs is 2. The zero-order valence-electron chi connectivity index (χ0n) is 16.0. The molecule has 6 atom stereocenters. The topological polar surface area (TPSA) is 62.2 Å². The lowest BCUT2D eigenvalue weighted by atomic mass is 9.70. The molecule has 1 saturated carbocycles. The third-order valence-electron chi connectivity index (χ3n) is 7.29. The molecule has 4 aliphatic heterocycles. The number of carbonyl (C=O) groups excluding carboxylic acids is 1. The molecule has 4 bridgehead atoms. The van der Waals surface area contributed by atoms with Gasteiger partial charge in [0.05, 0.1) is 31.6 Å². The fourth-order valence-electron chi connectivity index (χ4n) is 6.15. The summed E-state index contributed by atoms with van der Waals surface area (Å²) >= 11 is 0. The van der Waals surface area contributed by atoms with Gasteiger partial charge in [-0.3, -0.25) is 14.5 Å². The van der Waals surface area contributed by atoms with Crippen molar-refractivity contribution in [2.75, 3.05) is 32.4 Å². The van der Waals surface area contributed by atoms with Crippen molar-refractivity contribution in [1.29, 1.82) is 0 Å². The average molecular weight is 370 g/mol. The van der Waals surface area contributed by atoms with Gasteiger partial charge in [-0.25, -0.2) is 0 Å². The number of likely N-dealkylation sites (tertiary alicyclic amines) is 1. The smallest absolute Gasteiger partial charge is 0.266 e. The van der Waals surface area contributed by atoms with Gasteiger partial charge in [-0.05, 0) is 37.9 Å². The largest absolute Gasteiger partial charge is 0.390 e. The zero-order valence-corrected chi connectivity index (χ0v) is 16.0. The SMILES string of the molecule is CC=C1CN(C)C2C3COC(CC13)C1(C(=O)N(OC)c3ccccc31)C2O. The maximum absolute atomic E-state index is 13.7. The summed E-state index contributed by atoms with van der Waals surface area (Å²) in [5.41, 5.74) is 1.79. The molecular weight excluding hydrogens is 344 g/mol. The van der Waals surface area contributed by atoms with Crippen LogP contribution in [-0.4, -0.2) is 61.5 Å². The number of nitrogens with zero attached hydrogens (tertiary/aromatic N) is 2. The van der Waals surface area contributed by atoms with E-state index in [0.717, 1.165) is 18.5 Å². The number of hydrogen-bond donors (Lipinski definition) is 1. The van der Waals surface area contributed by atoms with Gasteiger partial charge in [-0.1, -0.05) is 29.8 Å². The second-order valence-electron chi connectivity index (χ2n) is 8.21. The van der Waals surface area contributed by atoms with E-state index < -0.39 is 11.5 Å². The Hall–Kier alpha value is -1.73. The molecule has 6 rings (SSSR count). The Labute approximate surface area is 159 Å². The molecule has 5 aliphatic rings. The fraction of sp³-hybridized carbons (Fsp3) is 0.571. The average Bonchev–Trinajstić information content (AvgIpc) is 2.81. The van der Waals surface area contributed by atoms with Crippen LogP contribution in [0.1, 0.15) is 18.9 Å². The molecule has 1 N–H and O–H groups in total. The Kier molecular flexibility index (Phi) is 3.78. The van der Waals surface area contributed by atoms with Gasteiger partial charge in [0, 0.05) is 18.5 Å². The monoisotopic (exact) mass is 370 g/mol. The van der Waals surface area contributed by atoms with Crippen molar-refractivity contribution in [3.63, 3.8) is 0 Å². The minimum absolute atomic E-state index is 0.125. The minimum Gasteiger partial charge on any atom is -0.390 e. The highest BCUT2D eigenvalue weighted by atomic mass is 16.7. The summed E-state index contributed by atoms with van der Waals surface area (Å²) in [5.74, 6) is 0.324. The Morgan fingerprint density at radius 3 is 2.89 bits per heavy atom. The van der Waals surface area contributed by atoms with Crippen molar-refractivity contribution in [3.8, 4) is 0 Å². The number of allylic oxidation sites excluding steroid dienone is 1. The van der Waals surface area contributed by atoms with Crippen molar-refractivity contribution in [1.82, 2.24) is 4.90 Å². The van der Waals surface area contributed by atoms with Crippen LogP contribution in [0.4, 0.5) is 5.69 Å². The van der Waals surface area contributed by atoms with Crippen LogP contribution in [0.25, 0.3) is 0 Å². The second-order valence-corrected chi connectivity index (χ2v) is 8.21. The van der Waals surface area contributed by atoms with E-state index in [2.05, 4.69) is 17.9 Å². The van der Waals surface area contributed by atoms with Crippen molar-refractivity contribution >= 4 is 11.6 Å². The molecule has 6 heteroatoms. The van der Waals surface area contributed by atoms with Gasteiger partial charge in [0.2, 0.25) is 0 Å². The van der Waals surface area contributed by atoms with Crippen LogP contribution >= 0.6 is 0 Å². The van der Waals surface area contributed by atoms with Crippen LogP contribution in [0.15, 0.2) is 35.9 Å². The number of anilines is 1. The summed E-state index contributed by atoms with van der Waals surface area (Å²) < 4.78 is 6.29. The Morgan fingerprint density at radius 2 is 2.15 bits per heavy atom. The van der Waals surface area contributed by atoms with Crippen molar-refractivity contribution in [3.05, 3.63) is 41.5 Å². The molecule has 6 nitrogen and oxygen atoms in total. The van der Waals surface area contributed by atoms with Crippen LogP contribution in [0.3, 0.4) is 0 Å². The van der Waals surface area contributed by atoms with E-state index in [1.165, 1.54) is 17.7 Å². The fourth-order valence-corrected chi connectivity index (χ4v) is 6.15. The zero-order chi connectivity index (χ0) is 18.9. The summed E-state index contributed by atoms with van der Waals surface area (Å²) in [6.07, 6.45) is 1.73. The van der Waals surface area contributed by atoms with Crippen LogP contribution in [0.5, 0.6) is 0 Å². The number of aliphatic hydroxyl groups is 1. The number of likely N-dealkylation sites (N-methyl/N-ethyl adjacent to an activating group) is 1. The number of piperidine rings is 1. The molecule has 27 heavy (non-hydrogen) atoms. The number of ether oxygens (including phenoxy) is 1. The van der Waals surface area contributed by atoms with Crippen molar-refractivity contribution < 1.29 is 19.5 Å². The Balaban J connectivity index is 1.75. The lowest BCUT2D eigenvalue weighted by molar-refractivity contribution is -0.143. The highest BCUT2D eigenvalue weighted by Gasteiger charge is 2.68. The lowest BCUT2D eigenvalue weighted by Crippen LogP contribution is -2.61. The highest BCUT2D eigenvalue weighted by molar-refractivity contribution is 6.08. The second kappa shape index (κ2) is 5.88. The van der Waals surface area contributed by atoms with E-state index in [1.807, 2.05) is 31.3 Å². The first kappa shape index (κ1) is 17.4. The van der Waals surface area contributed by atoms with E-state index in [0.29, 0.717) is 18.2 Å². The normalized spacial score (nSPS) is 42.1. The van der Waals surface area contributed by atoms with Crippen LogP contribution in [-0.2, 0) is 19.8 Å². The van der Waals surface area contributed by atoms with Crippen molar-refractivity contribution in [2.45, 2.75) is 37.0 Å². The number of hydrogen-bond acceptors (Lipinski definition) is 5. The summed E-state index contributed by atoms with van der Waals surface area (Å²) in [5, 5.41) is 13.1. The third-order valence-corrected chi connectivity index (χ3v) is 7.29. The van der Waals surface area contributed by atoms with E-state index in [4.69, 9.17) is 9.57 Å². The van der Waals surface area contributed by atoms with Gasteiger partial charge in [-0.15, -0.1) is 0 Å². The van der Waals surface area contributed by atoms with Gasteiger partial charge in [0.15, 0.2) is 0 Å². The first-order valence-corrected chi connectivity index (χ1v) is 9.68. The molecule has 144 valence electrons. The number of carbonyl (C=O) groups is 1. The molecule has 1 aliphatic carbocycles. The number of para-hydroxylation sites is 1. The molecule has 0 aromatic heterocycles. The summed E-state index contributed by atoms with van der Waals surface area (Å²) in [6.45, 7) is 3.48. The number of benzene rings is 1. The Bertz CT molecular complexity index is 824. The molecule has 3 saturated heterocycles. The molecule has 1 aromatic rings. The van der Waals surface area contributed by atoms with E-state index in [9.17, 15) is 9.90 Å². The maximum Gasteiger partial charge on any atom is 0.266 e. The van der Waals surface area contributed by atoms with E-state index in [1.54, 1.807) is 0 Å². The molecular formula is C21H26N2O4. The van der Waals surface area contributed by atoms with E-state index >= 15 is 0 Å². The summed E-state index contributed by atoms with van der Waals surface area (Å²) in [6, 6.07) is 7.51. The summed E-state index contributed by atoms with van der Waals surface area (Å²) in [4.78, 5) is 21.3. The first-order chi connectivity index (χ1) is 13.1. The number of aliphatic hydroxyl groups excluding tert-OH is 1. The number of hydroxylamine groups is 1. The molecule has 1 spiro atoms. The summed E-state index contributed by atoms with van der Waals surface area (Å²) in [7, 11) is 3.54. The molecule has 1 aromatic carbocycles. The lowest BCUT2D eigenvalue weighted by Gasteiger charge is -2.46.